The second-order valence-electron chi connectivity index (χ2n) is 2.84. The van der Waals surface area contributed by atoms with Gasteiger partial charge in [0.2, 0.25) is 5.95 Å². The average molecular weight is 194 g/mol. The number of hydrogen-bond donors (Lipinski definition) is 1. The maximum Gasteiger partial charge on any atom is 0.222 e. The lowest BCUT2D eigenvalue weighted by Crippen LogP contribution is -1.96. The van der Waals surface area contributed by atoms with Gasteiger partial charge >= 0.3 is 0 Å². The van der Waals surface area contributed by atoms with Crippen LogP contribution in [0, 0.1) is 6.92 Å². The number of halogens is 1. The van der Waals surface area contributed by atoms with Crippen molar-refractivity contribution < 1.29 is 0 Å². The zero-order chi connectivity index (χ0) is 9.42. The monoisotopic (exact) mass is 193 g/mol. The summed E-state index contributed by atoms with van der Waals surface area (Å²) >= 11 is 5.94. The number of hydrogen-bond acceptors (Lipinski definition) is 3. The van der Waals surface area contributed by atoms with Crippen LogP contribution >= 0.6 is 11.6 Å². The molecule has 2 N–H and O–H groups in total. The first-order valence-electron chi connectivity index (χ1n) is 3.87. The van der Waals surface area contributed by atoms with Gasteiger partial charge in [-0.3, -0.25) is 0 Å². The van der Waals surface area contributed by atoms with Crippen LogP contribution in [0.2, 0.25) is 5.15 Å². The normalized spacial score (nSPS) is 10.6. The zero-order valence-electron chi connectivity index (χ0n) is 7.08. The Kier molecular flexibility index (Phi) is 1.81. The Labute approximate surface area is 80.6 Å². The second kappa shape index (κ2) is 2.85. The smallest absolute Gasteiger partial charge is 0.222 e. The van der Waals surface area contributed by atoms with Gasteiger partial charge in [0.15, 0.2) is 0 Å². The lowest BCUT2D eigenvalue weighted by molar-refractivity contribution is 1.23. The van der Waals surface area contributed by atoms with Gasteiger partial charge in [-0.1, -0.05) is 23.7 Å². The van der Waals surface area contributed by atoms with E-state index in [9.17, 15) is 0 Å². The molecule has 66 valence electrons. The molecule has 0 radical (unpaired) electrons. The predicted octanol–water partition coefficient (Wildman–Crippen LogP) is 2.17. The van der Waals surface area contributed by atoms with Gasteiger partial charge in [-0.2, -0.15) is 0 Å². The maximum absolute atomic E-state index is 5.94. The molecule has 4 heteroatoms. The molecule has 0 spiro atoms. The second-order valence-corrected chi connectivity index (χ2v) is 3.20. The van der Waals surface area contributed by atoms with Crippen molar-refractivity contribution in [2.24, 2.45) is 0 Å². The van der Waals surface area contributed by atoms with Gasteiger partial charge in [0.1, 0.15) is 5.15 Å². The van der Waals surface area contributed by atoms with E-state index in [-0.39, 0.29) is 5.95 Å². The van der Waals surface area contributed by atoms with Crippen molar-refractivity contribution in [2.45, 2.75) is 6.92 Å². The van der Waals surface area contributed by atoms with Crippen LogP contribution in [0.3, 0.4) is 0 Å². The summed E-state index contributed by atoms with van der Waals surface area (Å²) in [5.41, 5.74) is 7.32. The Hall–Kier alpha value is -1.35. The number of nitrogens with zero attached hydrogens (tertiary/aromatic N) is 2. The highest BCUT2D eigenvalue weighted by Crippen LogP contribution is 2.23. The van der Waals surface area contributed by atoms with Crippen molar-refractivity contribution >= 4 is 28.5 Å². The summed E-state index contributed by atoms with van der Waals surface area (Å²) in [5, 5.41) is 1.29. The van der Waals surface area contributed by atoms with Gasteiger partial charge in [-0.25, -0.2) is 9.97 Å². The molecule has 0 amide bonds. The number of benzene rings is 1. The van der Waals surface area contributed by atoms with Gasteiger partial charge < -0.3 is 5.73 Å². The molecule has 0 atom stereocenters. The molecule has 1 aromatic carbocycles. The molecule has 1 heterocycles. The van der Waals surface area contributed by atoms with Gasteiger partial charge in [-0.15, -0.1) is 0 Å². The SMILES string of the molecule is Cc1cccc2nc(N)nc(Cl)c12. The Morgan fingerprint density at radius 1 is 1.31 bits per heavy atom. The highest BCUT2D eigenvalue weighted by Gasteiger charge is 2.05. The highest BCUT2D eigenvalue weighted by atomic mass is 35.5. The van der Waals surface area contributed by atoms with Crippen molar-refractivity contribution in [1.82, 2.24) is 9.97 Å². The van der Waals surface area contributed by atoms with E-state index in [1.807, 2.05) is 25.1 Å². The summed E-state index contributed by atoms with van der Waals surface area (Å²) in [6, 6.07) is 5.75. The average Bonchev–Trinajstić information content (AvgIpc) is 2.02. The topological polar surface area (TPSA) is 51.8 Å². The first-order valence-corrected chi connectivity index (χ1v) is 4.24. The molecule has 2 aromatic rings. The van der Waals surface area contributed by atoms with Crippen LogP contribution in [-0.2, 0) is 0 Å². The molecule has 3 nitrogen and oxygen atoms in total. The first kappa shape index (κ1) is 8.26. The van der Waals surface area contributed by atoms with E-state index in [1.165, 1.54) is 0 Å². The lowest BCUT2D eigenvalue weighted by atomic mass is 10.1. The summed E-state index contributed by atoms with van der Waals surface area (Å²) in [6.07, 6.45) is 0. The fourth-order valence-electron chi connectivity index (χ4n) is 1.32. The molecule has 0 aliphatic rings. The lowest BCUT2D eigenvalue weighted by Gasteiger charge is -2.03. The number of nitrogens with two attached hydrogens (primary N) is 1. The predicted molar refractivity (Wildman–Crippen MR) is 53.7 cm³/mol. The molecule has 0 aliphatic carbocycles. The molecule has 13 heavy (non-hydrogen) atoms. The maximum atomic E-state index is 5.94. The fraction of sp³-hybridized carbons (Fsp3) is 0.111. The number of aromatic nitrogens is 2. The van der Waals surface area contributed by atoms with Crippen LogP contribution in [0.5, 0.6) is 0 Å². The summed E-state index contributed by atoms with van der Waals surface area (Å²) in [4.78, 5) is 7.97. The molecule has 1 aromatic heterocycles. The Morgan fingerprint density at radius 3 is 2.85 bits per heavy atom. The minimum absolute atomic E-state index is 0.211. The van der Waals surface area contributed by atoms with E-state index in [2.05, 4.69) is 9.97 Å². The van der Waals surface area contributed by atoms with Crippen molar-refractivity contribution in [3.05, 3.63) is 28.9 Å². The van der Waals surface area contributed by atoms with Gasteiger partial charge in [-0.05, 0) is 18.6 Å². The summed E-state index contributed by atoms with van der Waals surface area (Å²) in [6.45, 7) is 1.97. The standard InChI is InChI=1S/C9H8ClN3/c1-5-3-2-4-6-7(5)8(10)13-9(11)12-6/h2-4H,1H3,(H2,11,12,13). The summed E-state index contributed by atoms with van der Waals surface area (Å²) in [7, 11) is 0. The third-order valence-electron chi connectivity index (χ3n) is 1.90. The first-order chi connectivity index (χ1) is 6.18. The third kappa shape index (κ3) is 1.31. The Morgan fingerprint density at radius 2 is 2.08 bits per heavy atom. The van der Waals surface area contributed by atoms with Crippen LogP contribution in [0.1, 0.15) is 5.56 Å². The van der Waals surface area contributed by atoms with Gasteiger partial charge in [0.05, 0.1) is 5.52 Å². The minimum atomic E-state index is 0.211. The van der Waals surface area contributed by atoms with Crippen LogP contribution in [0.25, 0.3) is 10.9 Å². The minimum Gasteiger partial charge on any atom is -0.368 e. The largest absolute Gasteiger partial charge is 0.368 e. The van der Waals surface area contributed by atoms with Crippen LogP contribution in [0.15, 0.2) is 18.2 Å². The van der Waals surface area contributed by atoms with Crippen molar-refractivity contribution in [1.29, 1.82) is 0 Å². The number of nitrogen functional groups attached to an aromatic ring is 1. The van der Waals surface area contributed by atoms with Gasteiger partial charge in [0.25, 0.3) is 0 Å². The zero-order valence-corrected chi connectivity index (χ0v) is 7.84. The van der Waals surface area contributed by atoms with E-state index in [0.717, 1.165) is 16.5 Å². The van der Waals surface area contributed by atoms with E-state index >= 15 is 0 Å². The van der Waals surface area contributed by atoms with Crippen molar-refractivity contribution in [3.63, 3.8) is 0 Å². The van der Waals surface area contributed by atoms with E-state index in [1.54, 1.807) is 0 Å². The Bertz CT molecular complexity index is 468. The Balaban J connectivity index is 2.94. The van der Waals surface area contributed by atoms with Gasteiger partial charge in [0, 0.05) is 5.39 Å². The third-order valence-corrected chi connectivity index (χ3v) is 2.18. The summed E-state index contributed by atoms with van der Waals surface area (Å²) < 4.78 is 0. The van der Waals surface area contributed by atoms with E-state index in [0.29, 0.717) is 5.15 Å². The van der Waals surface area contributed by atoms with E-state index in [4.69, 9.17) is 17.3 Å². The van der Waals surface area contributed by atoms with Crippen LogP contribution in [0.4, 0.5) is 5.95 Å². The molecular weight excluding hydrogens is 186 g/mol. The number of aryl methyl sites for hydroxylation is 1. The molecular formula is C9H8ClN3. The van der Waals surface area contributed by atoms with Crippen molar-refractivity contribution in [3.8, 4) is 0 Å². The molecule has 0 saturated carbocycles. The molecule has 2 rings (SSSR count). The quantitative estimate of drug-likeness (QED) is 0.653. The summed E-state index contributed by atoms with van der Waals surface area (Å²) in [5.74, 6) is 0.211. The van der Waals surface area contributed by atoms with Crippen LogP contribution in [-0.4, -0.2) is 9.97 Å². The number of anilines is 1. The van der Waals surface area contributed by atoms with Crippen LogP contribution < -0.4 is 5.73 Å². The molecule has 0 bridgehead atoms. The van der Waals surface area contributed by atoms with Crippen molar-refractivity contribution in [2.75, 3.05) is 5.73 Å². The highest BCUT2D eigenvalue weighted by molar-refractivity contribution is 6.34. The molecule has 0 unspecified atom stereocenters. The fourth-order valence-corrected chi connectivity index (χ4v) is 1.65. The molecule has 0 saturated heterocycles. The number of rotatable bonds is 0. The molecule has 0 fully saturated rings. The van der Waals surface area contributed by atoms with E-state index < -0.39 is 0 Å². The number of fused-ring (bicyclic) bond motifs is 1. The molecule has 0 aliphatic heterocycles.